The van der Waals surface area contributed by atoms with Crippen molar-refractivity contribution in [3.63, 3.8) is 0 Å². The van der Waals surface area contributed by atoms with Crippen LogP contribution in [-0.2, 0) is 25.7 Å². The van der Waals surface area contributed by atoms with E-state index in [2.05, 4.69) is 9.47 Å². The van der Waals surface area contributed by atoms with E-state index >= 15 is 0 Å². The number of carbonyl (C=O) groups is 3. The fourth-order valence-electron chi connectivity index (χ4n) is 2.32. The number of carboxylic acids is 1. The highest BCUT2D eigenvalue weighted by atomic mass is 35.5. The predicted octanol–water partition coefficient (Wildman–Crippen LogP) is 4.00. The number of aromatic carboxylic acids is 1. The molecule has 0 atom stereocenters. The smallest absolute Gasteiger partial charge is 0.345 e. The summed E-state index contributed by atoms with van der Waals surface area (Å²) in [5, 5.41) is 9.36. The number of hydrogen-bond acceptors (Lipinski definition) is 6. The Labute approximate surface area is 176 Å². The van der Waals surface area contributed by atoms with Crippen LogP contribution in [0, 0.1) is 0 Å². The molecule has 0 aliphatic rings. The summed E-state index contributed by atoms with van der Waals surface area (Å²) in [4.78, 5) is 34.8. The maximum absolute atomic E-state index is 11.9. The molecule has 0 unspecified atom stereocenters. The van der Waals surface area contributed by atoms with E-state index in [0.717, 1.165) is 14.2 Å². The molecule has 9 heteroatoms. The molecular weight excluding hydrogens is 423 g/mol. The van der Waals surface area contributed by atoms with Crippen molar-refractivity contribution in [2.75, 3.05) is 14.2 Å². The van der Waals surface area contributed by atoms with Crippen LogP contribution in [0.2, 0.25) is 10.0 Å². The highest BCUT2D eigenvalue weighted by molar-refractivity contribution is 6.36. The lowest BCUT2D eigenvalue weighted by Gasteiger charge is -2.13. The number of benzene rings is 2. The molecule has 0 aliphatic heterocycles. The third kappa shape index (κ3) is 5.73. The number of halogens is 2. The molecule has 2 aromatic carbocycles. The lowest BCUT2D eigenvalue weighted by molar-refractivity contribution is -0.143. The Bertz CT molecular complexity index is 948. The lowest BCUT2D eigenvalue weighted by Crippen LogP contribution is -2.15. The number of methoxy groups -OCH3 is 2. The topological polar surface area (TPSA) is 99.1 Å². The summed E-state index contributed by atoms with van der Waals surface area (Å²) < 4.78 is 15.0. The van der Waals surface area contributed by atoms with Crippen LogP contribution < -0.4 is 4.74 Å². The third-order valence-corrected chi connectivity index (χ3v) is 4.23. The first-order valence-electron chi connectivity index (χ1n) is 8.09. The average molecular weight is 439 g/mol. The number of esters is 2. The van der Waals surface area contributed by atoms with Gasteiger partial charge in [-0.15, -0.1) is 0 Å². The number of rotatable bonds is 7. The largest absolute Gasteiger partial charge is 0.487 e. The molecule has 7 nitrogen and oxygen atoms in total. The first kappa shape index (κ1) is 22.3. The zero-order chi connectivity index (χ0) is 21.6. The van der Waals surface area contributed by atoms with Gasteiger partial charge in [0.2, 0.25) is 0 Å². The third-order valence-electron chi connectivity index (χ3n) is 3.73. The van der Waals surface area contributed by atoms with Gasteiger partial charge >= 0.3 is 17.9 Å². The zero-order valence-electron chi connectivity index (χ0n) is 15.4. The van der Waals surface area contributed by atoms with Crippen LogP contribution in [0.3, 0.4) is 0 Å². The summed E-state index contributed by atoms with van der Waals surface area (Å²) >= 11 is 12.3. The van der Waals surface area contributed by atoms with Crippen LogP contribution in [-0.4, -0.2) is 37.2 Å². The molecule has 0 spiro atoms. The highest BCUT2D eigenvalue weighted by Crippen LogP contribution is 2.34. The number of carboxylic acid groups (broad SMARTS) is 1. The second kappa shape index (κ2) is 9.95. The van der Waals surface area contributed by atoms with E-state index in [-0.39, 0.29) is 39.1 Å². The normalized spacial score (nSPS) is 10.1. The van der Waals surface area contributed by atoms with E-state index < -0.39 is 17.9 Å². The molecule has 0 saturated heterocycles. The van der Waals surface area contributed by atoms with Crippen LogP contribution in [0.5, 0.6) is 5.75 Å². The van der Waals surface area contributed by atoms with Gasteiger partial charge in [0.05, 0.1) is 24.8 Å². The molecule has 1 N–H and O–H groups in total. The van der Waals surface area contributed by atoms with Gasteiger partial charge in [-0.1, -0.05) is 35.3 Å². The quantitative estimate of drug-likeness (QED) is 0.301. The van der Waals surface area contributed by atoms with Crippen LogP contribution >= 0.6 is 23.2 Å². The average Bonchev–Trinajstić information content (AvgIpc) is 2.70. The summed E-state index contributed by atoms with van der Waals surface area (Å²) in [6.07, 6.45) is 1.21. The molecule has 2 aromatic rings. The Morgan fingerprint density at radius 3 is 2.10 bits per heavy atom. The van der Waals surface area contributed by atoms with Crippen molar-refractivity contribution in [1.29, 1.82) is 0 Å². The standard InChI is InChI=1S/C20H16Cl2O7/c1-27-19(25)15(20(26)28-2)8-13-7-14(21)9-16(22)17(13)29-10-11-3-5-12(6-4-11)18(23)24/h3-9H,10H2,1-2H3,(H,23,24). The molecule has 152 valence electrons. The van der Waals surface area contributed by atoms with Gasteiger partial charge in [0.15, 0.2) is 0 Å². The fourth-order valence-corrected chi connectivity index (χ4v) is 2.88. The van der Waals surface area contributed by atoms with Gasteiger partial charge in [-0.3, -0.25) is 0 Å². The molecule has 0 heterocycles. The predicted molar refractivity (Wildman–Crippen MR) is 106 cm³/mol. The molecule has 0 bridgehead atoms. The summed E-state index contributed by atoms with van der Waals surface area (Å²) in [7, 11) is 2.25. The van der Waals surface area contributed by atoms with Crippen molar-refractivity contribution in [2.24, 2.45) is 0 Å². The summed E-state index contributed by atoms with van der Waals surface area (Å²) in [6, 6.07) is 8.98. The molecule has 0 saturated carbocycles. The van der Waals surface area contributed by atoms with E-state index in [4.69, 9.17) is 33.0 Å². The summed E-state index contributed by atoms with van der Waals surface area (Å²) in [5.41, 5.74) is 0.708. The van der Waals surface area contributed by atoms with Crippen molar-refractivity contribution in [1.82, 2.24) is 0 Å². The van der Waals surface area contributed by atoms with Gasteiger partial charge in [-0.25, -0.2) is 14.4 Å². The van der Waals surface area contributed by atoms with Crippen molar-refractivity contribution in [3.8, 4) is 5.75 Å². The van der Waals surface area contributed by atoms with Crippen LogP contribution in [0.1, 0.15) is 21.5 Å². The van der Waals surface area contributed by atoms with Crippen molar-refractivity contribution < 1.29 is 33.7 Å². The van der Waals surface area contributed by atoms with Gasteiger partial charge in [-0.2, -0.15) is 0 Å². The molecular formula is C20H16Cl2O7. The highest BCUT2D eigenvalue weighted by Gasteiger charge is 2.21. The zero-order valence-corrected chi connectivity index (χ0v) is 16.9. The van der Waals surface area contributed by atoms with Crippen LogP contribution in [0.25, 0.3) is 6.08 Å². The Kier molecular flexibility index (Phi) is 7.64. The molecule has 29 heavy (non-hydrogen) atoms. The van der Waals surface area contributed by atoms with Crippen molar-refractivity contribution in [2.45, 2.75) is 6.61 Å². The van der Waals surface area contributed by atoms with Gasteiger partial charge in [0.25, 0.3) is 0 Å². The van der Waals surface area contributed by atoms with E-state index in [1.165, 1.54) is 30.3 Å². The van der Waals surface area contributed by atoms with Gasteiger partial charge in [-0.05, 0) is 35.9 Å². The van der Waals surface area contributed by atoms with Gasteiger partial charge < -0.3 is 19.3 Å². The summed E-state index contributed by atoms with van der Waals surface area (Å²) in [6.45, 7) is 0.0495. The number of ether oxygens (including phenoxy) is 3. The second-order valence-electron chi connectivity index (χ2n) is 5.64. The molecule has 0 aromatic heterocycles. The minimum absolute atomic E-state index is 0.0495. The maximum Gasteiger partial charge on any atom is 0.345 e. The first-order chi connectivity index (χ1) is 13.8. The van der Waals surface area contributed by atoms with E-state index in [0.29, 0.717) is 5.56 Å². The minimum atomic E-state index is -1.04. The molecule has 0 amide bonds. The second-order valence-corrected chi connectivity index (χ2v) is 6.48. The van der Waals surface area contributed by atoms with Crippen LogP contribution in [0.4, 0.5) is 0 Å². The maximum atomic E-state index is 11.9. The lowest BCUT2D eigenvalue weighted by atomic mass is 10.1. The van der Waals surface area contributed by atoms with Crippen molar-refractivity contribution >= 4 is 47.2 Å². The summed E-state index contributed by atoms with van der Waals surface area (Å²) in [5.74, 6) is -2.67. The molecule has 0 aliphatic carbocycles. The Morgan fingerprint density at radius 1 is 1.00 bits per heavy atom. The Balaban J connectivity index is 2.39. The number of hydrogen-bond donors (Lipinski definition) is 1. The molecule has 0 fully saturated rings. The van der Waals surface area contributed by atoms with Gasteiger partial charge in [0.1, 0.15) is 17.9 Å². The SMILES string of the molecule is COC(=O)C(=Cc1cc(Cl)cc(Cl)c1OCc1ccc(C(=O)O)cc1)C(=O)OC. The molecule has 2 rings (SSSR count). The van der Waals surface area contributed by atoms with Gasteiger partial charge in [0, 0.05) is 10.6 Å². The number of carbonyl (C=O) groups excluding carboxylic acids is 2. The fraction of sp³-hybridized carbons (Fsp3) is 0.150. The van der Waals surface area contributed by atoms with E-state index in [9.17, 15) is 14.4 Å². The first-order valence-corrected chi connectivity index (χ1v) is 8.84. The Hall–Kier alpha value is -3.03. The van der Waals surface area contributed by atoms with Crippen LogP contribution in [0.15, 0.2) is 42.0 Å². The monoisotopic (exact) mass is 438 g/mol. The van der Waals surface area contributed by atoms with E-state index in [1.54, 1.807) is 12.1 Å². The molecule has 0 radical (unpaired) electrons. The van der Waals surface area contributed by atoms with E-state index in [1.807, 2.05) is 0 Å². The Morgan fingerprint density at radius 2 is 1.59 bits per heavy atom. The van der Waals surface area contributed by atoms with Crippen molar-refractivity contribution in [3.05, 3.63) is 68.7 Å². The minimum Gasteiger partial charge on any atom is -0.487 e.